The fourth-order valence-electron chi connectivity index (χ4n) is 2.18. The van der Waals surface area contributed by atoms with Crippen LogP contribution >= 0.6 is 0 Å². The maximum absolute atomic E-state index is 11.8. The van der Waals surface area contributed by atoms with Crippen molar-refractivity contribution < 1.29 is 9.90 Å². The molecule has 0 atom stereocenters. The number of phenolic OH excluding ortho intramolecular Hbond substituents is 1. The molecule has 4 N–H and O–H groups in total. The van der Waals surface area contributed by atoms with Crippen LogP contribution in [-0.4, -0.2) is 23.1 Å². The summed E-state index contributed by atoms with van der Waals surface area (Å²) in [7, 11) is 0. The SMILES string of the molecule is NCC1(NC(=O)Cc2cccc(O)c2)CCC1. The van der Waals surface area contributed by atoms with Crippen molar-refractivity contribution in [1.82, 2.24) is 5.32 Å². The minimum Gasteiger partial charge on any atom is -0.508 e. The van der Waals surface area contributed by atoms with Gasteiger partial charge in [-0.2, -0.15) is 0 Å². The van der Waals surface area contributed by atoms with Crippen molar-refractivity contribution in [3.05, 3.63) is 29.8 Å². The van der Waals surface area contributed by atoms with Gasteiger partial charge in [-0.25, -0.2) is 0 Å². The molecule has 0 bridgehead atoms. The van der Waals surface area contributed by atoms with Crippen molar-refractivity contribution in [2.75, 3.05) is 6.54 Å². The molecule has 0 spiro atoms. The van der Waals surface area contributed by atoms with Crippen molar-refractivity contribution >= 4 is 5.91 Å². The van der Waals surface area contributed by atoms with E-state index in [1.807, 2.05) is 6.07 Å². The van der Waals surface area contributed by atoms with E-state index in [9.17, 15) is 9.90 Å². The monoisotopic (exact) mass is 234 g/mol. The molecule has 1 aromatic rings. The van der Waals surface area contributed by atoms with Crippen molar-refractivity contribution in [2.24, 2.45) is 5.73 Å². The molecule has 0 unspecified atom stereocenters. The highest BCUT2D eigenvalue weighted by molar-refractivity contribution is 5.79. The second-order valence-corrected chi connectivity index (χ2v) is 4.73. The first-order valence-corrected chi connectivity index (χ1v) is 5.93. The molecule has 1 aromatic carbocycles. The minimum atomic E-state index is -0.173. The number of hydrogen-bond donors (Lipinski definition) is 3. The third-order valence-electron chi connectivity index (χ3n) is 3.38. The van der Waals surface area contributed by atoms with Gasteiger partial charge in [0.1, 0.15) is 5.75 Å². The largest absolute Gasteiger partial charge is 0.508 e. The van der Waals surface area contributed by atoms with E-state index in [0.29, 0.717) is 6.54 Å². The number of amides is 1. The fourth-order valence-corrected chi connectivity index (χ4v) is 2.18. The minimum absolute atomic E-state index is 0.0271. The van der Waals surface area contributed by atoms with Crippen LogP contribution in [0.3, 0.4) is 0 Å². The van der Waals surface area contributed by atoms with E-state index >= 15 is 0 Å². The average Bonchev–Trinajstić information content (AvgIpc) is 2.23. The molecule has 1 amide bonds. The molecule has 0 saturated heterocycles. The Kier molecular flexibility index (Phi) is 3.33. The molecular weight excluding hydrogens is 216 g/mol. The smallest absolute Gasteiger partial charge is 0.224 e. The molecule has 1 fully saturated rings. The van der Waals surface area contributed by atoms with Gasteiger partial charge in [0.2, 0.25) is 5.91 Å². The summed E-state index contributed by atoms with van der Waals surface area (Å²) in [6.45, 7) is 0.499. The van der Waals surface area contributed by atoms with Gasteiger partial charge in [0.15, 0.2) is 0 Å². The lowest BCUT2D eigenvalue weighted by atomic mass is 9.76. The molecule has 0 heterocycles. The van der Waals surface area contributed by atoms with Gasteiger partial charge in [-0.1, -0.05) is 12.1 Å². The average molecular weight is 234 g/mol. The second-order valence-electron chi connectivity index (χ2n) is 4.73. The quantitative estimate of drug-likeness (QED) is 0.725. The number of carbonyl (C=O) groups is 1. The van der Waals surface area contributed by atoms with Crippen molar-refractivity contribution in [1.29, 1.82) is 0 Å². The Labute approximate surface area is 101 Å². The second kappa shape index (κ2) is 4.75. The highest BCUT2D eigenvalue weighted by Gasteiger charge is 2.36. The predicted molar refractivity (Wildman–Crippen MR) is 65.6 cm³/mol. The van der Waals surface area contributed by atoms with E-state index < -0.39 is 0 Å². The molecule has 4 nitrogen and oxygen atoms in total. The molecule has 0 radical (unpaired) electrons. The van der Waals surface area contributed by atoms with Crippen LogP contribution < -0.4 is 11.1 Å². The number of nitrogens with one attached hydrogen (secondary N) is 1. The van der Waals surface area contributed by atoms with Crippen molar-refractivity contribution in [3.63, 3.8) is 0 Å². The summed E-state index contributed by atoms with van der Waals surface area (Å²) in [5.41, 5.74) is 6.32. The molecule has 0 aromatic heterocycles. The Morgan fingerprint density at radius 1 is 1.47 bits per heavy atom. The van der Waals surface area contributed by atoms with Crippen molar-refractivity contribution in [2.45, 2.75) is 31.2 Å². The Hall–Kier alpha value is -1.55. The van der Waals surface area contributed by atoms with E-state index in [-0.39, 0.29) is 23.6 Å². The maximum atomic E-state index is 11.8. The van der Waals surface area contributed by atoms with E-state index in [1.54, 1.807) is 18.2 Å². The van der Waals surface area contributed by atoms with Crippen molar-refractivity contribution in [3.8, 4) is 5.75 Å². The van der Waals surface area contributed by atoms with Crippen LogP contribution in [0.25, 0.3) is 0 Å². The van der Waals surface area contributed by atoms with Crippen LogP contribution in [0.1, 0.15) is 24.8 Å². The summed E-state index contributed by atoms with van der Waals surface area (Å²) < 4.78 is 0. The normalized spacial score (nSPS) is 17.2. The summed E-state index contributed by atoms with van der Waals surface area (Å²) in [5.74, 6) is 0.160. The van der Waals surface area contributed by atoms with E-state index in [0.717, 1.165) is 24.8 Å². The zero-order valence-electron chi connectivity index (χ0n) is 9.78. The standard InChI is InChI=1S/C13H18N2O2/c14-9-13(5-2-6-13)15-12(17)8-10-3-1-4-11(16)7-10/h1,3-4,7,16H,2,5-6,8-9,14H2,(H,15,17). The van der Waals surface area contributed by atoms with E-state index in [1.165, 1.54) is 0 Å². The number of carbonyl (C=O) groups excluding carboxylic acids is 1. The molecule has 17 heavy (non-hydrogen) atoms. The Balaban J connectivity index is 1.93. The number of aromatic hydroxyl groups is 1. The van der Waals surface area contributed by atoms with Crippen LogP contribution in [0.4, 0.5) is 0 Å². The lowest BCUT2D eigenvalue weighted by molar-refractivity contribution is -0.123. The van der Waals surface area contributed by atoms with Gasteiger partial charge in [-0.3, -0.25) is 4.79 Å². The molecule has 2 rings (SSSR count). The zero-order chi connectivity index (χ0) is 12.3. The van der Waals surface area contributed by atoms with Crippen LogP contribution in [0, 0.1) is 0 Å². The van der Waals surface area contributed by atoms with Crippen LogP contribution in [-0.2, 0) is 11.2 Å². The molecule has 1 aliphatic rings. The summed E-state index contributed by atoms with van der Waals surface area (Å²) in [6.07, 6.45) is 3.35. The number of hydrogen-bond acceptors (Lipinski definition) is 3. The first-order chi connectivity index (χ1) is 8.13. The highest BCUT2D eigenvalue weighted by Crippen LogP contribution is 2.30. The van der Waals surface area contributed by atoms with Crippen LogP contribution in [0.2, 0.25) is 0 Å². The lowest BCUT2D eigenvalue weighted by Crippen LogP contribution is -2.58. The van der Waals surface area contributed by atoms with Gasteiger partial charge >= 0.3 is 0 Å². The third-order valence-corrected chi connectivity index (χ3v) is 3.38. The number of phenols is 1. The first-order valence-electron chi connectivity index (χ1n) is 5.93. The van der Waals surface area contributed by atoms with Gasteiger partial charge in [0.25, 0.3) is 0 Å². The summed E-state index contributed by atoms with van der Waals surface area (Å²) in [4.78, 5) is 11.8. The number of rotatable bonds is 4. The molecule has 4 heteroatoms. The Morgan fingerprint density at radius 2 is 2.24 bits per heavy atom. The molecule has 0 aliphatic heterocycles. The Bertz CT molecular complexity index is 408. The predicted octanol–water partition coefficient (Wildman–Crippen LogP) is 0.932. The first kappa shape index (κ1) is 11.9. The Morgan fingerprint density at radius 3 is 2.76 bits per heavy atom. The van der Waals surface area contributed by atoms with Crippen LogP contribution in [0.15, 0.2) is 24.3 Å². The molecular formula is C13H18N2O2. The third kappa shape index (κ3) is 2.77. The number of nitrogens with two attached hydrogens (primary N) is 1. The van der Waals surface area contributed by atoms with E-state index in [2.05, 4.69) is 5.32 Å². The van der Waals surface area contributed by atoms with Gasteiger partial charge < -0.3 is 16.2 Å². The summed E-state index contributed by atoms with van der Waals surface area (Å²) >= 11 is 0. The molecule has 1 saturated carbocycles. The maximum Gasteiger partial charge on any atom is 0.224 e. The van der Waals surface area contributed by atoms with Crippen LogP contribution in [0.5, 0.6) is 5.75 Å². The van der Waals surface area contributed by atoms with Gasteiger partial charge in [-0.05, 0) is 37.0 Å². The summed E-state index contributed by atoms with van der Waals surface area (Å²) in [6, 6.07) is 6.76. The molecule has 1 aliphatic carbocycles. The highest BCUT2D eigenvalue weighted by atomic mass is 16.3. The topological polar surface area (TPSA) is 75.3 Å². The molecule has 92 valence electrons. The van der Waals surface area contributed by atoms with Gasteiger partial charge in [0.05, 0.1) is 12.0 Å². The van der Waals surface area contributed by atoms with Gasteiger partial charge in [-0.15, -0.1) is 0 Å². The van der Waals surface area contributed by atoms with E-state index in [4.69, 9.17) is 5.73 Å². The fraction of sp³-hybridized carbons (Fsp3) is 0.462. The summed E-state index contributed by atoms with van der Waals surface area (Å²) in [5, 5.41) is 12.3. The lowest BCUT2D eigenvalue weighted by Gasteiger charge is -2.41. The zero-order valence-corrected chi connectivity index (χ0v) is 9.78. The number of benzene rings is 1. The van der Waals surface area contributed by atoms with Gasteiger partial charge in [0, 0.05) is 6.54 Å².